The largest absolute Gasteiger partial charge is 0.352 e. The molecular formula is C14H17ClFNO. The molecule has 2 nitrogen and oxygen atoms in total. The van der Waals surface area contributed by atoms with Crippen LogP contribution in [0.2, 0.25) is 0 Å². The van der Waals surface area contributed by atoms with Crippen molar-refractivity contribution in [2.24, 2.45) is 5.92 Å². The maximum atomic E-state index is 13.2. The van der Waals surface area contributed by atoms with Gasteiger partial charge in [-0.1, -0.05) is 0 Å². The second-order valence-corrected chi connectivity index (χ2v) is 5.62. The maximum Gasteiger partial charge on any atom is 0.251 e. The van der Waals surface area contributed by atoms with Crippen LogP contribution in [0.15, 0.2) is 18.2 Å². The normalized spacial score (nSPS) is 23.1. The number of hydrogen-bond acceptors (Lipinski definition) is 1. The SMILES string of the molecule is Cc1cc(F)cc(C(=O)NCC2CCC(Cl)C2)c1. The van der Waals surface area contributed by atoms with Gasteiger partial charge in [0.05, 0.1) is 0 Å². The molecule has 0 aromatic heterocycles. The summed E-state index contributed by atoms with van der Waals surface area (Å²) in [4.78, 5) is 11.9. The number of carbonyl (C=O) groups is 1. The lowest BCUT2D eigenvalue weighted by Gasteiger charge is -2.11. The summed E-state index contributed by atoms with van der Waals surface area (Å²) in [5.41, 5.74) is 1.13. The molecule has 2 unspecified atom stereocenters. The Morgan fingerprint density at radius 1 is 1.44 bits per heavy atom. The number of amides is 1. The maximum absolute atomic E-state index is 13.2. The topological polar surface area (TPSA) is 29.1 Å². The smallest absolute Gasteiger partial charge is 0.251 e. The number of aryl methyl sites for hydroxylation is 1. The first-order chi connectivity index (χ1) is 8.54. The summed E-state index contributed by atoms with van der Waals surface area (Å²) in [6, 6.07) is 4.37. The van der Waals surface area contributed by atoms with Crippen molar-refractivity contribution >= 4 is 17.5 Å². The van der Waals surface area contributed by atoms with Gasteiger partial charge < -0.3 is 5.32 Å². The molecule has 2 atom stereocenters. The van der Waals surface area contributed by atoms with Gasteiger partial charge in [-0.3, -0.25) is 4.79 Å². The molecule has 0 aliphatic heterocycles. The third-order valence-corrected chi connectivity index (χ3v) is 3.73. The van der Waals surface area contributed by atoms with E-state index in [0.717, 1.165) is 24.8 Å². The summed E-state index contributed by atoms with van der Waals surface area (Å²) in [5, 5.41) is 3.09. The fraction of sp³-hybridized carbons (Fsp3) is 0.500. The number of hydrogen-bond donors (Lipinski definition) is 1. The van der Waals surface area contributed by atoms with Gasteiger partial charge >= 0.3 is 0 Å². The molecule has 1 saturated carbocycles. The molecule has 0 saturated heterocycles. The Morgan fingerprint density at radius 2 is 2.22 bits per heavy atom. The average Bonchev–Trinajstić information content (AvgIpc) is 2.70. The molecule has 1 aliphatic rings. The van der Waals surface area contributed by atoms with Crippen LogP contribution in [0.1, 0.15) is 35.2 Å². The zero-order chi connectivity index (χ0) is 13.1. The Hall–Kier alpha value is -1.09. The molecular weight excluding hydrogens is 253 g/mol. The average molecular weight is 270 g/mol. The van der Waals surface area contributed by atoms with Crippen molar-refractivity contribution in [2.75, 3.05) is 6.54 Å². The molecule has 0 spiro atoms. The zero-order valence-electron chi connectivity index (χ0n) is 10.4. The summed E-state index contributed by atoms with van der Waals surface area (Å²) in [7, 11) is 0. The van der Waals surface area contributed by atoms with Gasteiger partial charge in [-0.25, -0.2) is 4.39 Å². The van der Waals surface area contributed by atoms with Crippen LogP contribution in [-0.2, 0) is 0 Å². The minimum absolute atomic E-state index is 0.212. The van der Waals surface area contributed by atoms with E-state index in [9.17, 15) is 9.18 Å². The molecule has 1 aliphatic carbocycles. The molecule has 1 amide bonds. The van der Waals surface area contributed by atoms with E-state index < -0.39 is 0 Å². The van der Waals surface area contributed by atoms with Crippen molar-refractivity contribution in [1.29, 1.82) is 0 Å². The number of nitrogens with one attached hydrogen (secondary N) is 1. The Bertz CT molecular complexity index is 429. The van der Waals surface area contributed by atoms with Crippen LogP contribution in [0.25, 0.3) is 0 Å². The third-order valence-electron chi connectivity index (χ3n) is 3.33. The highest BCUT2D eigenvalue weighted by molar-refractivity contribution is 6.20. The van der Waals surface area contributed by atoms with Gasteiger partial charge in [-0.2, -0.15) is 0 Å². The lowest BCUT2D eigenvalue weighted by molar-refractivity contribution is 0.0947. The van der Waals surface area contributed by atoms with Gasteiger partial charge in [-0.15, -0.1) is 11.6 Å². The summed E-state index contributed by atoms with van der Waals surface area (Å²) in [6.07, 6.45) is 3.02. The van der Waals surface area contributed by atoms with E-state index in [2.05, 4.69) is 5.32 Å². The summed E-state index contributed by atoms with van der Waals surface area (Å²) < 4.78 is 13.2. The van der Waals surface area contributed by atoms with Crippen LogP contribution in [-0.4, -0.2) is 17.8 Å². The van der Waals surface area contributed by atoms with E-state index in [4.69, 9.17) is 11.6 Å². The Morgan fingerprint density at radius 3 is 2.83 bits per heavy atom. The molecule has 0 heterocycles. The second-order valence-electron chi connectivity index (χ2n) is 5.00. The molecule has 1 aromatic carbocycles. The van der Waals surface area contributed by atoms with E-state index in [1.54, 1.807) is 13.0 Å². The predicted octanol–water partition coefficient (Wildman–Crippen LogP) is 3.27. The first-order valence-corrected chi connectivity index (χ1v) is 6.67. The monoisotopic (exact) mass is 269 g/mol. The molecule has 18 heavy (non-hydrogen) atoms. The van der Waals surface area contributed by atoms with Gasteiger partial charge in [0.15, 0.2) is 0 Å². The van der Waals surface area contributed by atoms with Crippen LogP contribution >= 0.6 is 11.6 Å². The van der Waals surface area contributed by atoms with E-state index in [1.165, 1.54) is 12.1 Å². The summed E-state index contributed by atoms with van der Waals surface area (Å²) in [5.74, 6) is -0.136. The van der Waals surface area contributed by atoms with Gasteiger partial charge in [0, 0.05) is 17.5 Å². The standard InChI is InChI=1S/C14H17ClFNO/c1-9-4-11(7-13(16)5-9)14(18)17-8-10-2-3-12(15)6-10/h4-5,7,10,12H,2-3,6,8H2,1H3,(H,17,18). The van der Waals surface area contributed by atoms with Crippen molar-refractivity contribution in [2.45, 2.75) is 31.6 Å². The van der Waals surface area contributed by atoms with Gasteiger partial charge in [0.2, 0.25) is 0 Å². The van der Waals surface area contributed by atoms with E-state index in [1.807, 2.05) is 0 Å². The second kappa shape index (κ2) is 5.70. The highest BCUT2D eigenvalue weighted by atomic mass is 35.5. The van der Waals surface area contributed by atoms with Crippen molar-refractivity contribution in [3.8, 4) is 0 Å². The highest BCUT2D eigenvalue weighted by Crippen LogP contribution is 2.28. The van der Waals surface area contributed by atoms with Gasteiger partial charge in [0.25, 0.3) is 5.91 Å². The molecule has 98 valence electrons. The summed E-state index contributed by atoms with van der Waals surface area (Å²) in [6.45, 7) is 2.40. The molecule has 0 bridgehead atoms. The van der Waals surface area contributed by atoms with Crippen LogP contribution in [0.5, 0.6) is 0 Å². The Balaban J connectivity index is 1.91. The fourth-order valence-corrected chi connectivity index (χ4v) is 2.78. The number of alkyl halides is 1. The van der Waals surface area contributed by atoms with Crippen LogP contribution in [0.4, 0.5) is 4.39 Å². The highest BCUT2D eigenvalue weighted by Gasteiger charge is 2.23. The van der Waals surface area contributed by atoms with Gasteiger partial charge in [0.1, 0.15) is 5.82 Å². The lowest BCUT2D eigenvalue weighted by Crippen LogP contribution is -2.28. The Kier molecular flexibility index (Phi) is 4.23. The van der Waals surface area contributed by atoms with Crippen molar-refractivity contribution < 1.29 is 9.18 Å². The molecule has 0 radical (unpaired) electrons. The van der Waals surface area contributed by atoms with Crippen molar-refractivity contribution in [1.82, 2.24) is 5.32 Å². The van der Waals surface area contributed by atoms with Crippen LogP contribution in [0.3, 0.4) is 0 Å². The quantitative estimate of drug-likeness (QED) is 0.839. The Labute approximate surface area is 112 Å². The lowest BCUT2D eigenvalue weighted by atomic mass is 10.1. The first-order valence-electron chi connectivity index (χ1n) is 6.24. The molecule has 1 N–H and O–H groups in total. The number of rotatable bonds is 3. The first kappa shape index (κ1) is 13.3. The molecule has 1 fully saturated rings. The van der Waals surface area contributed by atoms with Crippen molar-refractivity contribution in [3.63, 3.8) is 0 Å². The summed E-state index contributed by atoms with van der Waals surface area (Å²) >= 11 is 6.02. The molecule has 1 aromatic rings. The van der Waals surface area contributed by atoms with Crippen LogP contribution in [0, 0.1) is 18.7 Å². The molecule has 4 heteroatoms. The van der Waals surface area contributed by atoms with Crippen molar-refractivity contribution in [3.05, 3.63) is 35.1 Å². The number of benzene rings is 1. The van der Waals surface area contributed by atoms with E-state index >= 15 is 0 Å². The zero-order valence-corrected chi connectivity index (χ0v) is 11.1. The predicted molar refractivity (Wildman–Crippen MR) is 70.5 cm³/mol. The van der Waals surface area contributed by atoms with E-state index in [-0.39, 0.29) is 17.1 Å². The van der Waals surface area contributed by atoms with Crippen LogP contribution < -0.4 is 5.32 Å². The minimum Gasteiger partial charge on any atom is -0.352 e. The molecule has 2 rings (SSSR count). The van der Waals surface area contributed by atoms with Gasteiger partial charge in [-0.05, 0) is 55.9 Å². The number of halogens is 2. The number of carbonyl (C=O) groups excluding carboxylic acids is 1. The van der Waals surface area contributed by atoms with E-state index in [0.29, 0.717) is 18.0 Å². The fourth-order valence-electron chi connectivity index (χ4n) is 2.41. The third kappa shape index (κ3) is 3.45. The minimum atomic E-state index is -0.373.